The molecule has 22 heavy (non-hydrogen) atoms. The van der Waals surface area contributed by atoms with Gasteiger partial charge in [0.05, 0.1) is 23.4 Å². The van der Waals surface area contributed by atoms with Crippen LogP contribution in [0.2, 0.25) is 0 Å². The van der Waals surface area contributed by atoms with E-state index in [0.717, 1.165) is 18.5 Å². The maximum Gasteiger partial charge on any atom is 0.254 e. The fourth-order valence-corrected chi connectivity index (χ4v) is 2.92. The second-order valence-electron chi connectivity index (χ2n) is 6.08. The molecule has 2 heterocycles. The third-order valence-electron chi connectivity index (χ3n) is 4.58. The molecule has 0 bridgehead atoms. The Balaban J connectivity index is 2.01. The quantitative estimate of drug-likeness (QED) is 0.840. The number of ether oxygens (including phenoxy) is 1. The Hall–Kier alpha value is -1.40. The second kappa shape index (κ2) is 7.24. The molecule has 0 aliphatic carbocycles. The van der Waals surface area contributed by atoms with E-state index in [2.05, 4.69) is 24.3 Å². The summed E-state index contributed by atoms with van der Waals surface area (Å²) in [5.41, 5.74) is 0.612. The predicted octanol–water partition coefficient (Wildman–Crippen LogP) is 1.82. The van der Waals surface area contributed by atoms with Crippen molar-refractivity contribution in [1.29, 1.82) is 0 Å². The van der Waals surface area contributed by atoms with E-state index in [1.807, 2.05) is 11.6 Å². The molecule has 2 rings (SSSR count). The molecule has 1 fully saturated rings. The third-order valence-corrected chi connectivity index (χ3v) is 4.58. The number of rotatable bonds is 6. The van der Waals surface area contributed by atoms with Crippen molar-refractivity contribution in [2.75, 3.05) is 19.8 Å². The van der Waals surface area contributed by atoms with Crippen LogP contribution in [0.25, 0.3) is 0 Å². The van der Waals surface area contributed by atoms with Gasteiger partial charge in [-0.1, -0.05) is 13.8 Å². The van der Waals surface area contributed by atoms with Crippen LogP contribution in [0, 0.1) is 6.92 Å². The number of nitrogens with one attached hydrogen (secondary N) is 1. The molecule has 2 N–H and O–H groups in total. The number of aromatic nitrogens is 2. The molecule has 6 heteroatoms. The molecule has 0 saturated carbocycles. The van der Waals surface area contributed by atoms with Gasteiger partial charge in [-0.05, 0) is 19.8 Å². The van der Waals surface area contributed by atoms with Crippen molar-refractivity contribution >= 4 is 5.91 Å². The van der Waals surface area contributed by atoms with Crippen LogP contribution in [0.15, 0.2) is 6.20 Å². The molecule has 1 aliphatic heterocycles. The molecule has 0 radical (unpaired) electrons. The predicted molar refractivity (Wildman–Crippen MR) is 83.9 cm³/mol. The van der Waals surface area contributed by atoms with Gasteiger partial charge < -0.3 is 15.2 Å². The molecule has 1 aromatic heterocycles. The first-order valence-electron chi connectivity index (χ1n) is 8.13. The van der Waals surface area contributed by atoms with Gasteiger partial charge >= 0.3 is 0 Å². The van der Waals surface area contributed by atoms with Gasteiger partial charge in [-0.25, -0.2) is 0 Å². The number of hydrogen-bond acceptors (Lipinski definition) is 4. The monoisotopic (exact) mass is 309 g/mol. The van der Waals surface area contributed by atoms with Gasteiger partial charge in [0.1, 0.15) is 0 Å². The lowest BCUT2D eigenvalue weighted by atomic mass is 9.94. The average molecular weight is 309 g/mol. The smallest absolute Gasteiger partial charge is 0.254 e. The fourth-order valence-electron chi connectivity index (χ4n) is 2.92. The first kappa shape index (κ1) is 17.0. The van der Waals surface area contributed by atoms with Gasteiger partial charge in [-0.2, -0.15) is 5.10 Å². The lowest BCUT2D eigenvalue weighted by molar-refractivity contribution is -0.0605. The highest BCUT2D eigenvalue weighted by Gasteiger charge is 2.30. The Morgan fingerprint density at radius 1 is 1.45 bits per heavy atom. The lowest BCUT2D eigenvalue weighted by Gasteiger charge is -2.32. The Bertz CT molecular complexity index is 503. The first-order chi connectivity index (χ1) is 10.5. The number of carbonyl (C=O) groups is 1. The van der Waals surface area contributed by atoms with Gasteiger partial charge in [0.25, 0.3) is 5.91 Å². The molecule has 124 valence electrons. The van der Waals surface area contributed by atoms with E-state index in [1.165, 1.54) is 0 Å². The standard InChI is InChI=1S/C16H27N3O3/c1-4-13(5-2)19-12(3)14(10-18-19)15(20)17-11-16(21)6-8-22-9-7-16/h10,13,21H,4-9,11H2,1-3H3,(H,17,20). The number of amides is 1. The van der Waals surface area contributed by atoms with Gasteiger partial charge in [0.15, 0.2) is 0 Å². The largest absolute Gasteiger partial charge is 0.388 e. The Labute approximate surface area is 131 Å². The molecule has 0 atom stereocenters. The molecule has 1 amide bonds. The van der Waals surface area contributed by atoms with Gasteiger partial charge in [0.2, 0.25) is 0 Å². The van der Waals surface area contributed by atoms with Crippen molar-refractivity contribution in [3.05, 3.63) is 17.5 Å². The van der Waals surface area contributed by atoms with Crippen molar-refractivity contribution < 1.29 is 14.6 Å². The highest BCUT2D eigenvalue weighted by molar-refractivity contribution is 5.95. The van der Waals surface area contributed by atoms with E-state index in [4.69, 9.17) is 4.74 Å². The molecule has 1 aliphatic rings. The van der Waals surface area contributed by atoms with Crippen molar-refractivity contribution in [2.24, 2.45) is 0 Å². The number of nitrogens with zero attached hydrogens (tertiary/aromatic N) is 2. The van der Waals surface area contributed by atoms with Crippen molar-refractivity contribution in [2.45, 2.75) is 58.1 Å². The number of carbonyl (C=O) groups excluding carboxylic acids is 1. The van der Waals surface area contributed by atoms with E-state index < -0.39 is 5.60 Å². The number of hydrogen-bond donors (Lipinski definition) is 2. The summed E-state index contributed by atoms with van der Waals surface area (Å²) in [6.45, 7) is 7.50. The van der Waals surface area contributed by atoms with Crippen LogP contribution in [-0.4, -0.2) is 46.2 Å². The SMILES string of the molecule is CCC(CC)n1ncc(C(=O)NCC2(O)CCOCC2)c1C. The molecule has 0 aromatic carbocycles. The maximum atomic E-state index is 12.4. The molecule has 0 spiro atoms. The number of aliphatic hydroxyl groups is 1. The van der Waals surface area contributed by atoms with Crippen LogP contribution >= 0.6 is 0 Å². The molecular weight excluding hydrogens is 282 g/mol. The summed E-state index contributed by atoms with van der Waals surface area (Å²) in [7, 11) is 0. The zero-order chi connectivity index (χ0) is 16.2. The summed E-state index contributed by atoms with van der Waals surface area (Å²) in [6.07, 6.45) is 4.70. The average Bonchev–Trinajstić information content (AvgIpc) is 2.89. The van der Waals surface area contributed by atoms with Gasteiger partial charge in [-0.3, -0.25) is 9.48 Å². The molecular formula is C16H27N3O3. The second-order valence-corrected chi connectivity index (χ2v) is 6.08. The Morgan fingerprint density at radius 3 is 2.68 bits per heavy atom. The molecule has 6 nitrogen and oxygen atoms in total. The van der Waals surface area contributed by atoms with Gasteiger partial charge in [-0.15, -0.1) is 0 Å². The summed E-state index contributed by atoms with van der Waals surface area (Å²) >= 11 is 0. The van der Waals surface area contributed by atoms with Crippen LogP contribution in [0.3, 0.4) is 0 Å². The summed E-state index contributed by atoms with van der Waals surface area (Å²) < 4.78 is 7.17. The van der Waals surface area contributed by atoms with Gasteiger partial charge in [0, 0.05) is 38.3 Å². The fraction of sp³-hybridized carbons (Fsp3) is 0.750. The van der Waals surface area contributed by atoms with Crippen LogP contribution in [0.1, 0.15) is 61.6 Å². The van der Waals surface area contributed by atoms with E-state index in [9.17, 15) is 9.90 Å². The minimum Gasteiger partial charge on any atom is -0.388 e. The lowest BCUT2D eigenvalue weighted by Crippen LogP contribution is -2.46. The van der Waals surface area contributed by atoms with Crippen LogP contribution in [-0.2, 0) is 4.74 Å². The van der Waals surface area contributed by atoms with E-state index in [0.29, 0.717) is 37.7 Å². The third kappa shape index (κ3) is 3.67. The van der Waals surface area contributed by atoms with Crippen LogP contribution in [0.4, 0.5) is 0 Å². The summed E-state index contributed by atoms with van der Waals surface area (Å²) in [4.78, 5) is 12.4. The molecule has 0 unspecified atom stereocenters. The van der Waals surface area contributed by atoms with E-state index >= 15 is 0 Å². The minimum absolute atomic E-state index is 0.172. The Morgan fingerprint density at radius 2 is 2.09 bits per heavy atom. The first-order valence-corrected chi connectivity index (χ1v) is 8.13. The maximum absolute atomic E-state index is 12.4. The van der Waals surface area contributed by atoms with Crippen molar-refractivity contribution in [3.8, 4) is 0 Å². The topological polar surface area (TPSA) is 76.4 Å². The highest BCUT2D eigenvalue weighted by Crippen LogP contribution is 2.21. The van der Waals surface area contributed by atoms with Crippen LogP contribution < -0.4 is 5.32 Å². The minimum atomic E-state index is -0.854. The van der Waals surface area contributed by atoms with Crippen LogP contribution in [0.5, 0.6) is 0 Å². The Kier molecular flexibility index (Phi) is 5.58. The van der Waals surface area contributed by atoms with E-state index in [-0.39, 0.29) is 12.5 Å². The zero-order valence-corrected chi connectivity index (χ0v) is 13.8. The molecule has 1 aromatic rings. The summed E-state index contributed by atoms with van der Waals surface area (Å²) in [6, 6.07) is 0.321. The zero-order valence-electron chi connectivity index (χ0n) is 13.8. The highest BCUT2D eigenvalue weighted by atomic mass is 16.5. The van der Waals surface area contributed by atoms with E-state index in [1.54, 1.807) is 6.20 Å². The summed E-state index contributed by atoms with van der Waals surface area (Å²) in [5, 5.41) is 17.6. The normalized spacial score (nSPS) is 17.7. The summed E-state index contributed by atoms with van der Waals surface area (Å²) in [5.74, 6) is -0.172. The molecule has 1 saturated heterocycles. The van der Waals surface area contributed by atoms with Crippen molar-refractivity contribution in [1.82, 2.24) is 15.1 Å². The van der Waals surface area contributed by atoms with Crippen molar-refractivity contribution in [3.63, 3.8) is 0 Å².